The van der Waals surface area contributed by atoms with Crippen LogP contribution in [0.3, 0.4) is 0 Å². The number of rotatable bonds is 5. The van der Waals surface area contributed by atoms with Crippen LogP contribution in [0, 0.1) is 0 Å². The molecule has 5 heteroatoms. The molecule has 0 aromatic rings. The lowest BCUT2D eigenvalue weighted by molar-refractivity contribution is -0.111. The lowest BCUT2D eigenvalue weighted by atomic mass is 10.5. The number of nitrogens with one attached hydrogen (secondary N) is 1. The normalized spacial score (nSPS) is 19.6. The van der Waals surface area contributed by atoms with Gasteiger partial charge >= 0.3 is 0 Å². The topological polar surface area (TPSA) is 43.0 Å². The molecule has 0 atom stereocenters. The largest absolute Gasteiger partial charge is 0.379 e. The van der Waals surface area contributed by atoms with Crippen molar-refractivity contribution in [1.29, 1.82) is 0 Å². The molecule has 0 bridgehead atoms. The van der Waals surface area contributed by atoms with Crippen LogP contribution in [0.15, 0.2) is 0 Å². The molecule has 0 saturated carbocycles. The maximum absolute atomic E-state index is 5.22. The highest BCUT2D eigenvalue weighted by molar-refractivity contribution is 4.57. The fraction of sp³-hybridized carbons (Fsp3) is 1.00. The number of hydrazine groups is 1. The van der Waals surface area contributed by atoms with E-state index in [1.54, 1.807) is 14.2 Å². The second-order valence-electron chi connectivity index (χ2n) is 2.86. The Kier molecular flexibility index (Phi) is 5.26. The number of hydrogen-bond acceptors (Lipinski definition) is 5. The fourth-order valence-electron chi connectivity index (χ4n) is 1.19. The molecule has 0 aromatic carbocycles. The van der Waals surface area contributed by atoms with Gasteiger partial charge in [0.1, 0.15) is 0 Å². The van der Waals surface area contributed by atoms with Gasteiger partial charge in [-0.05, 0) is 0 Å². The summed E-state index contributed by atoms with van der Waals surface area (Å²) in [5, 5.41) is 2.12. The Bertz CT molecular complexity index is 125. The van der Waals surface area contributed by atoms with Crippen LogP contribution in [0.25, 0.3) is 0 Å². The standard InChI is InChI=1S/C8H18N2O3/c1-11-8(12-2)7-9-10-3-5-13-6-4-10/h8-9H,3-7H2,1-2H3. The highest BCUT2D eigenvalue weighted by Crippen LogP contribution is 1.94. The first-order valence-corrected chi connectivity index (χ1v) is 4.48. The van der Waals surface area contributed by atoms with Crippen molar-refractivity contribution in [2.45, 2.75) is 6.29 Å². The van der Waals surface area contributed by atoms with Crippen molar-refractivity contribution >= 4 is 0 Å². The second-order valence-corrected chi connectivity index (χ2v) is 2.86. The Morgan fingerprint density at radius 3 is 2.46 bits per heavy atom. The van der Waals surface area contributed by atoms with E-state index in [1.807, 2.05) is 0 Å². The van der Waals surface area contributed by atoms with Gasteiger partial charge in [0.25, 0.3) is 0 Å². The lowest BCUT2D eigenvalue weighted by Crippen LogP contribution is -2.48. The van der Waals surface area contributed by atoms with Gasteiger partial charge in [-0.15, -0.1) is 0 Å². The third-order valence-corrected chi connectivity index (χ3v) is 2.02. The summed E-state index contributed by atoms with van der Waals surface area (Å²) in [4.78, 5) is 0. The van der Waals surface area contributed by atoms with Crippen LogP contribution in [0.5, 0.6) is 0 Å². The molecule has 0 aromatic heterocycles. The molecule has 1 rings (SSSR count). The summed E-state index contributed by atoms with van der Waals surface area (Å²) >= 11 is 0. The van der Waals surface area contributed by atoms with Gasteiger partial charge in [-0.3, -0.25) is 0 Å². The van der Waals surface area contributed by atoms with E-state index >= 15 is 0 Å². The summed E-state index contributed by atoms with van der Waals surface area (Å²) in [5.74, 6) is 0. The van der Waals surface area contributed by atoms with Crippen molar-refractivity contribution in [2.75, 3.05) is 47.1 Å². The van der Waals surface area contributed by atoms with Crippen LogP contribution in [-0.4, -0.2) is 58.4 Å². The molecule has 1 fully saturated rings. The quantitative estimate of drug-likeness (QED) is 0.589. The van der Waals surface area contributed by atoms with Gasteiger partial charge in [-0.25, -0.2) is 10.4 Å². The first kappa shape index (κ1) is 10.9. The third-order valence-electron chi connectivity index (χ3n) is 2.02. The van der Waals surface area contributed by atoms with Crippen LogP contribution in [0.2, 0.25) is 0 Å². The zero-order valence-electron chi connectivity index (χ0n) is 8.28. The molecule has 0 radical (unpaired) electrons. The summed E-state index contributed by atoms with van der Waals surface area (Å²) in [6.07, 6.45) is -0.178. The van der Waals surface area contributed by atoms with Gasteiger partial charge in [0, 0.05) is 27.3 Å². The van der Waals surface area contributed by atoms with Crippen molar-refractivity contribution in [3.8, 4) is 0 Å². The van der Waals surface area contributed by atoms with Crippen LogP contribution >= 0.6 is 0 Å². The molecule has 0 aliphatic carbocycles. The Morgan fingerprint density at radius 2 is 1.92 bits per heavy atom. The number of ether oxygens (including phenoxy) is 3. The molecule has 13 heavy (non-hydrogen) atoms. The lowest BCUT2D eigenvalue weighted by Gasteiger charge is -2.28. The Balaban J connectivity index is 2.09. The van der Waals surface area contributed by atoms with Crippen LogP contribution in [0.1, 0.15) is 0 Å². The van der Waals surface area contributed by atoms with Crippen molar-refractivity contribution < 1.29 is 14.2 Å². The van der Waals surface area contributed by atoms with E-state index in [0.29, 0.717) is 6.54 Å². The minimum atomic E-state index is -0.178. The molecule has 1 heterocycles. The molecule has 0 unspecified atom stereocenters. The third kappa shape index (κ3) is 4.02. The van der Waals surface area contributed by atoms with E-state index in [1.165, 1.54) is 0 Å². The summed E-state index contributed by atoms with van der Waals surface area (Å²) < 4.78 is 15.3. The monoisotopic (exact) mass is 190 g/mol. The fourth-order valence-corrected chi connectivity index (χ4v) is 1.19. The summed E-state index contributed by atoms with van der Waals surface area (Å²) in [5.41, 5.74) is 3.23. The van der Waals surface area contributed by atoms with Crippen molar-refractivity contribution in [3.05, 3.63) is 0 Å². The van der Waals surface area contributed by atoms with E-state index < -0.39 is 0 Å². The predicted octanol–water partition coefficient (Wildman–Crippen LogP) is -0.558. The van der Waals surface area contributed by atoms with Crippen molar-refractivity contribution in [1.82, 2.24) is 10.4 Å². The molecule has 1 aliphatic heterocycles. The zero-order valence-corrected chi connectivity index (χ0v) is 8.28. The second kappa shape index (κ2) is 6.28. The number of hydrogen-bond donors (Lipinski definition) is 1. The van der Waals surface area contributed by atoms with E-state index in [0.717, 1.165) is 26.3 Å². The van der Waals surface area contributed by atoms with E-state index in [-0.39, 0.29) is 6.29 Å². The molecule has 1 saturated heterocycles. The summed E-state index contributed by atoms with van der Waals surface area (Å²) in [6.45, 7) is 4.09. The molecule has 0 spiro atoms. The predicted molar refractivity (Wildman–Crippen MR) is 48.2 cm³/mol. The Morgan fingerprint density at radius 1 is 1.31 bits per heavy atom. The van der Waals surface area contributed by atoms with Gasteiger partial charge in [-0.1, -0.05) is 0 Å². The van der Waals surface area contributed by atoms with Gasteiger partial charge in [-0.2, -0.15) is 0 Å². The first-order valence-electron chi connectivity index (χ1n) is 4.48. The average molecular weight is 190 g/mol. The van der Waals surface area contributed by atoms with Gasteiger partial charge < -0.3 is 14.2 Å². The molecule has 0 amide bonds. The number of morpholine rings is 1. The smallest absolute Gasteiger partial charge is 0.170 e. The number of methoxy groups -OCH3 is 2. The highest BCUT2D eigenvalue weighted by Gasteiger charge is 2.11. The van der Waals surface area contributed by atoms with Gasteiger partial charge in [0.2, 0.25) is 0 Å². The molecule has 1 N–H and O–H groups in total. The van der Waals surface area contributed by atoms with Gasteiger partial charge in [0.15, 0.2) is 6.29 Å². The van der Waals surface area contributed by atoms with E-state index in [2.05, 4.69) is 10.4 Å². The average Bonchev–Trinajstić information content (AvgIpc) is 2.21. The van der Waals surface area contributed by atoms with Gasteiger partial charge in [0.05, 0.1) is 19.8 Å². The maximum Gasteiger partial charge on any atom is 0.170 e. The molecular weight excluding hydrogens is 172 g/mol. The van der Waals surface area contributed by atoms with Crippen LogP contribution in [0.4, 0.5) is 0 Å². The minimum Gasteiger partial charge on any atom is -0.379 e. The van der Waals surface area contributed by atoms with Crippen LogP contribution < -0.4 is 5.43 Å². The van der Waals surface area contributed by atoms with E-state index in [9.17, 15) is 0 Å². The van der Waals surface area contributed by atoms with Crippen molar-refractivity contribution in [2.24, 2.45) is 0 Å². The Hall–Kier alpha value is -0.200. The summed E-state index contributed by atoms with van der Waals surface area (Å²) in [7, 11) is 3.27. The van der Waals surface area contributed by atoms with Crippen LogP contribution in [-0.2, 0) is 14.2 Å². The summed E-state index contributed by atoms with van der Waals surface area (Å²) in [6, 6.07) is 0. The Labute approximate surface area is 78.9 Å². The zero-order chi connectivity index (χ0) is 9.52. The van der Waals surface area contributed by atoms with Crippen molar-refractivity contribution in [3.63, 3.8) is 0 Å². The number of nitrogens with zero attached hydrogens (tertiary/aromatic N) is 1. The maximum atomic E-state index is 5.22. The highest BCUT2D eigenvalue weighted by atomic mass is 16.7. The molecular formula is C8H18N2O3. The minimum absolute atomic E-state index is 0.178. The van der Waals surface area contributed by atoms with E-state index in [4.69, 9.17) is 14.2 Å². The molecule has 5 nitrogen and oxygen atoms in total. The molecule has 78 valence electrons. The SMILES string of the molecule is COC(CNN1CCOCC1)OC. The first-order chi connectivity index (χ1) is 6.36. The molecule has 1 aliphatic rings.